The Balaban J connectivity index is 1.57. The molecule has 17 heavy (non-hydrogen) atoms. The van der Waals surface area contributed by atoms with Crippen LogP contribution in [0.25, 0.3) is 0 Å². The summed E-state index contributed by atoms with van der Waals surface area (Å²) < 4.78 is 5.37. The molecule has 0 aromatic heterocycles. The molecule has 0 aromatic carbocycles. The first-order chi connectivity index (χ1) is 8.38. The second kappa shape index (κ2) is 7.62. The van der Waals surface area contributed by atoms with Gasteiger partial charge in [-0.15, -0.1) is 0 Å². The number of hydrogen-bond acceptors (Lipinski definition) is 4. The minimum Gasteiger partial charge on any atom is -0.381 e. The van der Waals surface area contributed by atoms with Gasteiger partial charge in [0.2, 0.25) is 0 Å². The fraction of sp³-hybridized carbons (Fsp3) is 1.00. The molecule has 0 bridgehead atoms. The van der Waals surface area contributed by atoms with Gasteiger partial charge in [-0.05, 0) is 19.3 Å². The lowest BCUT2D eigenvalue weighted by molar-refractivity contribution is 0.0772. The predicted molar refractivity (Wildman–Crippen MR) is 74.8 cm³/mol. The molecule has 1 unspecified atom stereocenters. The molecular weight excluding hydrogens is 232 g/mol. The van der Waals surface area contributed by atoms with Gasteiger partial charge in [-0.1, -0.05) is 6.92 Å². The summed E-state index contributed by atoms with van der Waals surface area (Å²) in [6.45, 7) is 9.11. The van der Waals surface area contributed by atoms with Crippen LogP contribution in [0.2, 0.25) is 0 Å². The smallest absolute Gasteiger partial charge is 0.0480 e. The largest absolute Gasteiger partial charge is 0.381 e. The van der Waals surface area contributed by atoms with Gasteiger partial charge in [-0.3, -0.25) is 0 Å². The molecule has 0 amide bonds. The lowest BCUT2D eigenvalue weighted by Crippen LogP contribution is -2.44. The molecule has 2 fully saturated rings. The van der Waals surface area contributed by atoms with Crippen LogP contribution in [-0.4, -0.2) is 61.3 Å². The summed E-state index contributed by atoms with van der Waals surface area (Å²) in [6, 6.07) is 0.699. The third-order valence-corrected chi connectivity index (χ3v) is 5.13. The first-order valence-electron chi connectivity index (χ1n) is 7.03. The maximum atomic E-state index is 5.37. The number of hydrogen-bond donors (Lipinski definition) is 1. The second-order valence-corrected chi connectivity index (χ2v) is 6.45. The molecule has 100 valence electrons. The van der Waals surface area contributed by atoms with E-state index < -0.39 is 0 Å². The van der Waals surface area contributed by atoms with Crippen molar-refractivity contribution in [3.63, 3.8) is 0 Å². The van der Waals surface area contributed by atoms with E-state index in [1.54, 1.807) is 0 Å². The number of nitrogens with one attached hydrogen (secondary N) is 1. The highest BCUT2D eigenvalue weighted by atomic mass is 32.2. The van der Waals surface area contributed by atoms with E-state index in [9.17, 15) is 0 Å². The Morgan fingerprint density at radius 3 is 2.94 bits per heavy atom. The van der Waals surface area contributed by atoms with Crippen LogP contribution in [0.4, 0.5) is 0 Å². The van der Waals surface area contributed by atoms with Gasteiger partial charge in [0.25, 0.3) is 0 Å². The van der Waals surface area contributed by atoms with Gasteiger partial charge in [-0.2, -0.15) is 11.8 Å². The van der Waals surface area contributed by atoms with Crippen molar-refractivity contribution < 1.29 is 4.74 Å². The van der Waals surface area contributed by atoms with Crippen molar-refractivity contribution >= 4 is 11.8 Å². The Bertz CT molecular complexity index is 210. The SMILES string of the molecule is CCC1CN(CCNC2CCOCC2)CCS1. The number of thioether (sulfide) groups is 1. The summed E-state index contributed by atoms with van der Waals surface area (Å²) in [6.07, 6.45) is 3.69. The quantitative estimate of drug-likeness (QED) is 0.809. The minimum absolute atomic E-state index is 0.699. The number of ether oxygens (including phenoxy) is 1. The van der Waals surface area contributed by atoms with E-state index in [-0.39, 0.29) is 0 Å². The zero-order valence-corrected chi connectivity index (χ0v) is 11.8. The van der Waals surface area contributed by atoms with Crippen molar-refractivity contribution in [2.24, 2.45) is 0 Å². The van der Waals surface area contributed by atoms with E-state index in [0.29, 0.717) is 6.04 Å². The van der Waals surface area contributed by atoms with Crippen LogP contribution in [0.3, 0.4) is 0 Å². The van der Waals surface area contributed by atoms with E-state index in [2.05, 4.69) is 28.9 Å². The Labute approximate surface area is 110 Å². The van der Waals surface area contributed by atoms with Crippen LogP contribution in [0.5, 0.6) is 0 Å². The Morgan fingerprint density at radius 2 is 2.18 bits per heavy atom. The maximum absolute atomic E-state index is 5.37. The van der Waals surface area contributed by atoms with Gasteiger partial charge < -0.3 is 15.0 Å². The summed E-state index contributed by atoms with van der Waals surface area (Å²) in [5.74, 6) is 1.32. The highest BCUT2D eigenvalue weighted by Crippen LogP contribution is 2.20. The molecule has 2 rings (SSSR count). The highest BCUT2D eigenvalue weighted by molar-refractivity contribution is 8.00. The van der Waals surface area contributed by atoms with Crippen molar-refractivity contribution in [3.8, 4) is 0 Å². The summed E-state index contributed by atoms with van der Waals surface area (Å²) >= 11 is 2.15. The molecule has 3 nitrogen and oxygen atoms in total. The summed E-state index contributed by atoms with van der Waals surface area (Å²) in [7, 11) is 0. The van der Waals surface area contributed by atoms with Gasteiger partial charge in [-0.25, -0.2) is 0 Å². The second-order valence-electron chi connectivity index (χ2n) is 5.04. The lowest BCUT2D eigenvalue weighted by atomic mass is 10.1. The lowest BCUT2D eigenvalue weighted by Gasteiger charge is -2.32. The zero-order chi connectivity index (χ0) is 11.9. The van der Waals surface area contributed by atoms with Crippen LogP contribution < -0.4 is 5.32 Å². The maximum Gasteiger partial charge on any atom is 0.0480 e. The monoisotopic (exact) mass is 258 g/mol. The van der Waals surface area contributed by atoms with Crippen molar-refractivity contribution in [1.82, 2.24) is 10.2 Å². The van der Waals surface area contributed by atoms with Crippen molar-refractivity contribution in [1.29, 1.82) is 0 Å². The molecule has 0 spiro atoms. The average molecular weight is 258 g/mol. The molecule has 4 heteroatoms. The third-order valence-electron chi connectivity index (χ3n) is 3.76. The van der Waals surface area contributed by atoms with Crippen LogP contribution in [0, 0.1) is 0 Å². The van der Waals surface area contributed by atoms with E-state index in [1.165, 1.54) is 44.6 Å². The Kier molecular flexibility index (Phi) is 6.12. The molecule has 2 aliphatic heterocycles. The van der Waals surface area contributed by atoms with Crippen molar-refractivity contribution in [2.75, 3.05) is 45.1 Å². The summed E-state index contributed by atoms with van der Waals surface area (Å²) in [5.41, 5.74) is 0. The highest BCUT2D eigenvalue weighted by Gasteiger charge is 2.19. The predicted octanol–water partition coefficient (Wildman–Crippen LogP) is 1.58. The molecule has 2 heterocycles. The topological polar surface area (TPSA) is 24.5 Å². The zero-order valence-electron chi connectivity index (χ0n) is 11.0. The van der Waals surface area contributed by atoms with Gasteiger partial charge in [0.15, 0.2) is 0 Å². The van der Waals surface area contributed by atoms with Crippen molar-refractivity contribution in [2.45, 2.75) is 37.5 Å². The standard InChI is InChI=1S/C13H26N2OS/c1-2-13-11-15(7-10-17-13)6-5-14-12-3-8-16-9-4-12/h12-14H,2-11H2,1H3. The molecule has 1 atom stereocenters. The molecule has 0 saturated carbocycles. The molecule has 1 N–H and O–H groups in total. The van der Waals surface area contributed by atoms with Crippen LogP contribution in [-0.2, 0) is 4.74 Å². The average Bonchev–Trinajstić information content (AvgIpc) is 2.40. The van der Waals surface area contributed by atoms with Gasteiger partial charge in [0.05, 0.1) is 0 Å². The van der Waals surface area contributed by atoms with Gasteiger partial charge >= 0.3 is 0 Å². The van der Waals surface area contributed by atoms with E-state index in [4.69, 9.17) is 4.74 Å². The van der Waals surface area contributed by atoms with Crippen LogP contribution >= 0.6 is 11.8 Å². The van der Waals surface area contributed by atoms with E-state index in [1.807, 2.05) is 0 Å². The first-order valence-corrected chi connectivity index (χ1v) is 8.08. The molecule has 2 saturated heterocycles. The van der Waals surface area contributed by atoms with Gasteiger partial charge in [0.1, 0.15) is 0 Å². The Hall–Kier alpha value is 0.230. The summed E-state index contributed by atoms with van der Waals surface area (Å²) in [5, 5.41) is 4.54. The first kappa shape index (κ1) is 13.7. The van der Waals surface area contributed by atoms with E-state index in [0.717, 1.165) is 25.0 Å². The summed E-state index contributed by atoms with van der Waals surface area (Å²) in [4.78, 5) is 2.62. The normalized spacial score (nSPS) is 28.4. The molecular formula is C13H26N2OS. The Morgan fingerprint density at radius 1 is 1.35 bits per heavy atom. The molecule has 0 radical (unpaired) electrons. The number of rotatable bonds is 5. The molecule has 0 aliphatic carbocycles. The number of nitrogens with zero attached hydrogens (tertiary/aromatic N) is 1. The van der Waals surface area contributed by atoms with Crippen molar-refractivity contribution in [3.05, 3.63) is 0 Å². The van der Waals surface area contributed by atoms with Crippen LogP contribution in [0.15, 0.2) is 0 Å². The van der Waals surface area contributed by atoms with Crippen LogP contribution in [0.1, 0.15) is 26.2 Å². The fourth-order valence-electron chi connectivity index (χ4n) is 2.56. The fourth-order valence-corrected chi connectivity index (χ4v) is 3.81. The minimum atomic E-state index is 0.699. The van der Waals surface area contributed by atoms with Gasteiger partial charge in [0, 0.05) is 56.4 Å². The van der Waals surface area contributed by atoms with E-state index >= 15 is 0 Å². The third kappa shape index (κ3) is 4.78. The molecule has 0 aromatic rings. The molecule has 2 aliphatic rings.